The molecule has 0 radical (unpaired) electrons. The third-order valence-electron chi connectivity index (χ3n) is 3.87. The summed E-state index contributed by atoms with van der Waals surface area (Å²) in [6.07, 6.45) is -8.09. The standard InChI is InChI=1S/C8F24Si3/c9-1(10,3(13,14)5(17,18)7(21,22)23)2(11,12)4(15,16)6(19,20)8(24,25)33(26,27)35(31,32)34(28,29)30. The molecule has 0 spiro atoms. The van der Waals surface area contributed by atoms with Crippen molar-refractivity contribution in [2.45, 2.75) is 47.3 Å². The van der Waals surface area contributed by atoms with E-state index in [9.17, 15) is 103 Å². The first kappa shape index (κ1) is 34.0. The van der Waals surface area contributed by atoms with Crippen LogP contribution in [-0.2, 0) is 0 Å². The van der Waals surface area contributed by atoms with E-state index in [4.69, 9.17) is 0 Å². The van der Waals surface area contributed by atoms with Gasteiger partial charge in [-0.1, -0.05) is 0 Å². The Morgan fingerprint density at radius 3 is 0.771 bits per heavy atom. The maximum absolute atomic E-state index is 13.3. The van der Waals surface area contributed by atoms with Crippen LogP contribution in [-0.4, -0.2) is 71.9 Å². The van der Waals surface area contributed by atoms with E-state index in [1.807, 2.05) is 0 Å². The zero-order chi connectivity index (χ0) is 29.5. The summed E-state index contributed by atoms with van der Waals surface area (Å²) in [7, 11) is -30.4. The predicted octanol–water partition coefficient (Wildman–Crippen LogP) is 7.30. The molecule has 0 N–H and O–H groups in total. The molecule has 0 heterocycles. The van der Waals surface area contributed by atoms with E-state index in [2.05, 4.69) is 0 Å². The summed E-state index contributed by atoms with van der Waals surface area (Å²) in [4.78, 5) is 0. The Balaban J connectivity index is 7.15. The molecule has 0 unspecified atom stereocenters. The Kier molecular flexibility index (Phi) is 7.75. The van der Waals surface area contributed by atoms with Gasteiger partial charge in [0.15, 0.2) is 0 Å². The second kappa shape index (κ2) is 7.98. The van der Waals surface area contributed by atoms with Crippen LogP contribution in [0.3, 0.4) is 0 Å². The highest BCUT2D eigenvalue weighted by Gasteiger charge is 3.02. The first-order chi connectivity index (χ1) is 14.5. The minimum absolute atomic E-state index is 8.09. The van der Waals surface area contributed by atoms with Crippen molar-refractivity contribution in [3.63, 3.8) is 0 Å². The molecule has 27 heteroatoms. The largest absolute Gasteiger partial charge is 0.664 e. The first-order valence-electron chi connectivity index (χ1n) is 7.04. The quantitative estimate of drug-likeness (QED) is 0.142. The zero-order valence-electron chi connectivity index (χ0n) is 14.6. The van der Waals surface area contributed by atoms with Gasteiger partial charge in [0.1, 0.15) is 0 Å². The van der Waals surface area contributed by atoms with Crippen LogP contribution < -0.4 is 0 Å². The summed E-state index contributed by atoms with van der Waals surface area (Å²) >= 11 is 0. The van der Waals surface area contributed by atoms with Crippen molar-refractivity contribution < 1.29 is 103 Å². The van der Waals surface area contributed by atoms with Gasteiger partial charge in [-0.05, 0) is 0 Å². The highest BCUT2D eigenvalue weighted by Crippen LogP contribution is 2.65. The number of rotatable bonds is 9. The molecule has 212 valence electrons. The molecule has 0 aromatic carbocycles. The molecular formula is C8F24Si3. The van der Waals surface area contributed by atoms with Crippen LogP contribution in [0.4, 0.5) is 103 Å². The van der Waals surface area contributed by atoms with Gasteiger partial charge in [-0.2, -0.15) is 74.6 Å². The summed E-state index contributed by atoms with van der Waals surface area (Å²) in [5, 5.41) is 0. The van der Waals surface area contributed by atoms with Crippen molar-refractivity contribution in [1.29, 1.82) is 0 Å². The Morgan fingerprint density at radius 1 is 0.314 bits per heavy atom. The minimum atomic E-state index is -10.7. The summed E-state index contributed by atoms with van der Waals surface area (Å²) in [6.45, 7) is 0. The monoisotopic (exact) mass is 636 g/mol. The fraction of sp³-hybridized carbons (Fsp3) is 1.00. The van der Waals surface area contributed by atoms with E-state index in [0.29, 0.717) is 0 Å². The molecular weight excluding hydrogens is 636 g/mol. The normalized spacial score (nSPS) is 17.1. The minimum Gasteiger partial charge on any atom is -0.262 e. The summed E-state index contributed by atoms with van der Waals surface area (Å²) in [5.74, 6) is -54.9. The average molecular weight is 636 g/mol. The molecule has 0 aromatic rings. The van der Waals surface area contributed by atoms with Gasteiger partial charge >= 0.3 is 71.9 Å². The lowest BCUT2D eigenvalue weighted by molar-refractivity contribution is -0.459. The zero-order valence-corrected chi connectivity index (χ0v) is 17.6. The molecule has 0 saturated heterocycles. The third kappa shape index (κ3) is 4.00. The van der Waals surface area contributed by atoms with Crippen LogP contribution in [0.25, 0.3) is 0 Å². The molecule has 0 nitrogen and oxygen atoms in total. The summed E-state index contributed by atoms with van der Waals surface area (Å²) < 4.78 is 306. The number of halogens is 24. The SMILES string of the molecule is FC(F)(F)C(F)(F)C(F)(F)C(F)(F)C(F)(F)C(F)(F)C(F)(F)C(F)(F)[Si](F)(F)[Si](F)(F)[Si](F)(F)F. The van der Waals surface area contributed by atoms with Gasteiger partial charge in [-0.15, -0.1) is 0 Å². The van der Waals surface area contributed by atoms with E-state index in [-0.39, 0.29) is 0 Å². The van der Waals surface area contributed by atoms with Gasteiger partial charge in [-0.25, -0.2) is 12.3 Å². The highest BCUT2D eigenvalue weighted by molar-refractivity contribution is 7.58. The Morgan fingerprint density at radius 2 is 0.543 bits per heavy atom. The van der Waals surface area contributed by atoms with E-state index in [1.165, 1.54) is 0 Å². The molecule has 0 rings (SSSR count). The third-order valence-corrected chi connectivity index (χ3v) is 17.3. The second-order valence-electron chi connectivity index (χ2n) is 6.17. The Labute approximate surface area is 176 Å². The topological polar surface area (TPSA) is 0 Å². The maximum atomic E-state index is 13.3. The lowest BCUT2D eigenvalue weighted by atomic mass is 9.91. The van der Waals surface area contributed by atoms with Crippen molar-refractivity contribution in [2.24, 2.45) is 0 Å². The molecule has 0 amide bonds. The van der Waals surface area contributed by atoms with Crippen LogP contribution >= 0.6 is 0 Å². The predicted molar refractivity (Wildman–Crippen MR) is 65.7 cm³/mol. The summed E-state index contributed by atoms with van der Waals surface area (Å²) in [5.41, 5.74) is -9.04. The van der Waals surface area contributed by atoms with E-state index in [1.54, 1.807) is 0 Å². The van der Waals surface area contributed by atoms with E-state index < -0.39 is 71.9 Å². The van der Waals surface area contributed by atoms with Crippen LogP contribution in [0.5, 0.6) is 0 Å². The van der Waals surface area contributed by atoms with Crippen LogP contribution in [0, 0.1) is 0 Å². The van der Waals surface area contributed by atoms with Crippen molar-refractivity contribution in [3.8, 4) is 0 Å². The maximum Gasteiger partial charge on any atom is 0.664 e. The van der Waals surface area contributed by atoms with Crippen LogP contribution in [0.15, 0.2) is 0 Å². The van der Waals surface area contributed by atoms with Crippen LogP contribution in [0.2, 0.25) is 0 Å². The smallest absolute Gasteiger partial charge is 0.262 e. The van der Waals surface area contributed by atoms with Gasteiger partial charge in [0.2, 0.25) is 0 Å². The van der Waals surface area contributed by atoms with Crippen molar-refractivity contribution in [2.75, 3.05) is 0 Å². The molecule has 0 saturated carbocycles. The molecule has 0 aromatic heterocycles. The van der Waals surface area contributed by atoms with Gasteiger partial charge in [0.25, 0.3) is 0 Å². The number of hydrogen-bond acceptors (Lipinski definition) is 0. The average Bonchev–Trinajstić information content (AvgIpc) is 2.58. The van der Waals surface area contributed by atoms with Gasteiger partial charge in [-0.3, -0.25) is 16.4 Å². The molecule has 0 aliphatic rings. The fourth-order valence-corrected chi connectivity index (χ4v) is 10.4. The van der Waals surface area contributed by atoms with E-state index in [0.717, 1.165) is 0 Å². The molecule has 0 aliphatic carbocycles. The van der Waals surface area contributed by atoms with E-state index >= 15 is 0 Å². The number of alkyl halides is 17. The van der Waals surface area contributed by atoms with Gasteiger partial charge in [0.05, 0.1) is 0 Å². The first-order valence-corrected chi connectivity index (χ1v) is 14.2. The molecule has 0 fully saturated rings. The van der Waals surface area contributed by atoms with Gasteiger partial charge < -0.3 is 0 Å². The highest BCUT2D eigenvalue weighted by atomic mass is 29.7. The van der Waals surface area contributed by atoms with Crippen molar-refractivity contribution >= 4 is 24.6 Å². The molecule has 35 heavy (non-hydrogen) atoms. The fourth-order valence-electron chi connectivity index (χ4n) is 1.74. The lowest BCUT2D eigenvalue weighted by Gasteiger charge is -2.43. The summed E-state index contributed by atoms with van der Waals surface area (Å²) in [6, 6.07) is 0. The van der Waals surface area contributed by atoms with Crippen molar-refractivity contribution in [3.05, 3.63) is 0 Å². The van der Waals surface area contributed by atoms with Crippen molar-refractivity contribution in [1.82, 2.24) is 0 Å². The number of hydrogen-bond donors (Lipinski definition) is 0. The molecule has 0 bridgehead atoms. The molecule has 0 aliphatic heterocycles. The Hall–Kier alpha value is -1.03. The van der Waals surface area contributed by atoms with Crippen LogP contribution in [0.1, 0.15) is 0 Å². The Bertz CT molecular complexity index is 720. The molecule has 0 atom stereocenters. The lowest BCUT2D eigenvalue weighted by Crippen LogP contribution is -2.81. The van der Waals surface area contributed by atoms with Gasteiger partial charge in [0, 0.05) is 0 Å². The second-order valence-corrected chi connectivity index (χ2v) is 18.9.